The SMILES string of the molecule is COc1ccc(C)cc1CNc1cccc(CCCCl)c1. The summed E-state index contributed by atoms with van der Waals surface area (Å²) < 4.78 is 5.41. The van der Waals surface area contributed by atoms with Crippen molar-refractivity contribution < 1.29 is 4.74 Å². The van der Waals surface area contributed by atoms with Crippen LogP contribution in [0.25, 0.3) is 0 Å². The van der Waals surface area contributed by atoms with E-state index in [9.17, 15) is 0 Å². The molecule has 1 N–H and O–H groups in total. The van der Waals surface area contributed by atoms with Crippen LogP contribution in [0.4, 0.5) is 5.69 Å². The van der Waals surface area contributed by atoms with E-state index in [1.807, 2.05) is 6.07 Å². The minimum atomic E-state index is 0.706. The fourth-order valence-electron chi connectivity index (χ4n) is 2.35. The van der Waals surface area contributed by atoms with Crippen molar-refractivity contribution in [3.8, 4) is 5.75 Å². The molecule has 2 rings (SSSR count). The summed E-state index contributed by atoms with van der Waals surface area (Å²) in [5, 5.41) is 3.47. The van der Waals surface area contributed by atoms with E-state index in [-0.39, 0.29) is 0 Å². The number of anilines is 1. The van der Waals surface area contributed by atoms with Gasteiger partial charge in [-0.3, -0.25) is 0 Å². The van der Waals surface area contributed by atoms with Crippen molar-refractivity contribution in [1.29, 1.82) is 0 Å². The third-order valence-electron chi connectivity index (χ3n) is 3.44. The number of aryl methyl sites for hydroxylation is 2. The Bertz CT molecular complexity index is 583. The molecule has 2 aromatic carbocycles. The summed E-state index contributed by atoms with van der Waals surface area (Å²) in [6, 6.07) is 14.7. The molecule has 0 spiro atoms. The Morgan fingerprint density at radius 3 is 2.76 bits per heavy atom. The second kappa shape index (κ2) is 7.94. The summed E-state index contributed by atoms with van der Waals surface area (Å²) in [6.45, 7) is 2.85. The van der Waals surface area contributed by atoms with Gasteiger partial charge in [0.1, 0.15) is 5.75 Å². The predicted molar refractivity (Wildman–Crippen MR) is 90.5 cm³/mol. The quantitative estimate of drug-likeness (QED) is 0.743. The van der Waals surface area contributed by atoms with Crippen LogP contribution in [0.1, 0.15) is 23.1 Å². The summed E-state index contributed by atoms with van der Waals surface area (Å²) in [4.78, 5) is 0. The Balaban J connectivity index is 2.04. The predicted octanol–water partition coefficient (Wildman–Crippen LogP) is 4.79. The highest BCUT2D eigenvalue weighted by Gasteiger charge is 2.03. The minimum absolute atomic E-state index is 0.706. The van der Waals surface area contributed by atoms with Crippen LogP contribution < -0.4 is 10.1 Å². The number of alkyl halides is 1. The van der Waals surface area contributed by atoms with Crippen molar-refractivity contribution in [1.82, 2.24) is 0 Å². The molecule has 2 nitrogen and oxygen atoms in total. The number of nitrogens with one attached hydrogen (secondary N) is 1. The van der Waals surface area contributed by atoms with Gasteiger partial charge in [-0.15, -0.1) is 11.6 Å². The maximum absolute atomic E-state index is 5.75. The maximum Gasteiger partial charge on any atom is 0.123 e. The van der Waals surface area contributed by atoms with Crippen molar-refractivity contribution in [3.63, 3.8) is 0 Å². The standard InChI is InChI=1S/C18H22ClNO/c1-14-8-9-18(21-2)16(11-14)13-20-17-7-3-5-15(12-17)6-4-10-19/h3,5,7-9,11-12,20H,4,6,10,13H2,1-2H3. The van der Waals surface area contributed by atoms with E-state index in [4.69, 9.17) is 16.3 Å². The van der Waals surface area contributed by atoms with Gasteiger partial charge in [-0.1, -0.05) is 29.8 Å². The molecule has 0 saturated carbocycles. The van der Waals surface area contributed by atoms with E-state index in [1.54, 1.807) is 7.11 Å². The van der Waals surface area contributed by atoms with E-state index in [0.717, 1.165) is 30.8 Å². The first kappa shape index (κ1) is 15.7. The normalized spacial score (nSPS) is 10.4. The highest BCUT2D eigenvalue weighted by atomic mass is 35.5. The number of benzene rings is 2. The molecule has 0 bridgehead atoms. The van der Waals surface area contributed by atoms with Gasteiger partial charge in [-0.05, 0) is 43.5 Å². The van der Waals surface area contributed by atoms with Crippen LogP contribution in [0.3, 0.4) is 0 Å². The third kappa shape index (κ3) is 4.68. The molecule has 0 atom stereocenters. The molecule has 2 aromatic rings. The van der Waals surface area contributed by atoms with Gasteiger partial charge in [0.2, 0.25) is 0 Å². The van der Waals surface area contributed by atoms with Crippen molar-refractivity contribution >= 4 is 17.3 Å². The number of hydrogen-bond donors (Lipinski definition) is 1. The zero-order valence-corrected chi connectivity index (χ0v) is 13.4. The Hall–Kier alpha value is -1.67. The highest BCUT2D eigenvalue weighted by Crippen LogP contribution is 2.21. The van der Waals surface area contributed by atoms with Crippen LogP contribution >= 0.6 is 11.6 Å². The minimum Gasteiger partial charge on any atom is -0.496 e. The lowest BCUT2D eigenvalue weighted by molar-refractivity contribution is 0.410. The monoisotopic (exact) mass is 303 g/mol. The van der Waals surface area contributed by atoms with Gasteiger partial charge in [0.05, 0.1) is 7.11 Å². The zero-order chi connectivity index (χ0) is 15.1. The molecule has 0 saturated heterocycles. The molecule has 0 aliphatic heterocycles. The van der Waals surface area contributed by atoms with Crippen LogP contribution in [0.2, 0.25) is 0 Å². The molecular weight excluding hydrogens is 282 g/mol. The van der Waals surface area contributed by atoms with E-state index in [1.165, 1.54) is 16.7 Å². The first-order chi connectivity index (χ1) is 10.2. The van der Waals surface area contributed by atoms with Crippen molar-refractivity contribution in [2.45, 2.75) is 26.3 Å². The van der Waals surface area contributed by atoms with Crippen LogP contribution in [0.15, 0.2) is 42.5 Å². The maximum atomic E-state index is 5.75. The number of halogens is 1. The van der Waals surface area contributed by atoms with E-state index >= 15 is 0 Å². The summed E-state index contributed by atoms with van der Waals surface area (Å²) >= 11 is 5.75. The van der Waals surface area contributed by atoms with E-state index in [2.05, 4.69) is 48.6 Å². The molecule has 0 fully saturated rings. The molecule has 0 unspecified atom stereocenters. The van der Waals surface area contributed by atoms with Gasteiger partial charge < -0.3 is 10.1 Å². The molecule has 0 aliphatic rings. The largest absolute Gasteiger partial charge is 0.496 e. The molecule has 21 heavy (non-hydrogen) atoms. The Kier molecular flexibility index (Phi) is 5.94. The topological polar surface area (TPSA) is 21.3 Å². The summed E-state index contributed by atoms with van der Waals surface area (Å²) in [5.41, 5.74) is 4.86. The lowest BCUT2D eigenvalue weighted by Gasteiger charge is -2.12. The number of methoxy groups -OCH3 is 1. The lowest BCUT2D eigenvalue weighted by Crippen LogP contribution is -2.02. The molecule has 3 heteroatoms. The average Bonchev–Trinajstić information content (AvgIpc) is 2.51. The molecule has 0 aliphatic carbocycles. The van der Waals surface area contributed by atoms with Crippen molar-refractivity contribution in [3.05, 3.63) is 59.2 Å². The van der Waals surface area contributed by atoms with Crippen molar-refractivity contribution in [2.24, 2.45) is 0 Å². The summed E-state index contributed by atoms with van der Waals surface area (Å²) in [6.07, 6.45) is 2.03. The van der Waals surface area contributed by atoms with Gasteiger partial charge in [0, 0.05) is 23.7 Å². The molecule has 0 amide bonds. The molecule has 0 radical (unpaired) electrons. The highest BCUT2D eigenvalue weighted by molar-refractivity contribution is 6.17. The summed E-state index contributed by atoms with van der Waals surface area (Å²) in [5.74, 6) is 1.63. The molecule has 112 valence electrons. The first-order valence-corrected chi connectivity index (χ1v) is 7.78. The molecular formula is C18H22ClNO. The average molecular weight is 304 g/mol. The van der Waals surface area contributed by atoms with Gasteiger partial charge in [-0.25, -0.2) is 0 Å². The number of rotatable bonds is 7. The van der Waals surface area contributed by atoms with Crippen LogP contribution in [0, 0.1) is 6.92 Å². The first-order valence-electron chi connectivity index (χ1n) is 7.25. The molecule has 0 heterocycles. The molecule has 0 aromatic heterocycles. The van der Waals surface area contributed by atoms with Crippen LogP contribution in [-0.2, 0) is 13.0 Å². The van der Waals surface area contributed by atoms with Gasteiger partial charge in [-0.2, -0.15) is 0 Å². The Labute approximate surface area is 132 Å². The smallest absolute Gasteiger partial charge is 0.123 e. The Morgan fingerprint density at radius 1 is 1.14 bits per heavy atom. The second-order valence-electron chi connectivity index (χ2n) is 5.16. The number of hydrogen-bond acceptors (Lipinski definition) is 2. The summed E-state index contributed by atoms with van der Waals surface area (Å²) in [7, 11) is 1.71. The van der Waals surface area contributed by atoms with Gasteiger partial charge in [0.25, 0.3) is 0 Å². The van der Waals surface area contributed by atoms with Gasteiger partial charge >= 0.3 is 0 Å². The Morgan fingerprint density at radius 2 is 2.00 bits per heavy atom. The van der Waals surface area contributed by atoms with Crippen LogP contribution in [0.5, 0.6) is 5.75 Å². The fourth-order valence-corrected chi connectivity index (χ4v) is 2.48. The zero-order valence-electron chi connectivity index (χ0n) is 12.7. The fraction of sp³-hybridized carbons (Fsp3) is 0.333. The van der Waals surface area contributed by atoms with E-state index in [0.29, 0.717) is 5.88 Å². The second-order valence-corrected chi connectivity index (χ2v) is 5.54. The van der Waals surface area contributed by atoms with Crippen molar-refractivity contribution in [2.75, 3.05) is 18.3 Å². The number of ether oxygens (including phenoxy) is 1. The third-order valence-corrected chi connectivity index (χ3v) is 3.71. The van der Waals surface area contributed by atoms with Crippen LogP contribution in [-0.4, -0.2) is 13.0 Å². The van der Waals surface area contributed by atoms with Gasteiger partial charge in [0.15, 0.2) is 0 Å². The van der Waals surface area contributed by atoms with E-state index < -0.39 is 0 Å². The lowest BCUT2D eigenvalue weighted by atomic mass is 10.1.